The molecule has 3 rings (SSSR count). The lowest BCUT2D eigenvalue weighted by atomic mass is 9.77. The fourth-order valence-corrected chi connectivity index (χ4v) is 4.66. The Hall–Kier alpha value is -2.03. The van der Waals surface area contributed by atoms with Gasteiger partial charge in [0.15, 0.2) is 0 Å². The van der Waals surface area contributed by atoms with E-state index < -0.39 is 42.2 Å². The van der Waals surface area contributed by atoms with Gasteiger partial charge < -0.3 is 18.9 Å². The fourth-order valence-electron chi connectivity index (χ4n) is 4.66. The quantitative estimate of drug-likeness (QED) is 0.383. The second-order valence-corrected chi connectivity index (χ2v) is 7.92. The van der Waals surface area contributed by atoms with Gasteiger partial charge in [-0.3, -0.25) is 19.3 Å². The number of rotatable bonds is 5. The van der Waals surface area contributed by atoms with E-state index in [1.165, 1.54) is 21.3 Å². The normalized spacial score (nSPS) is 37.2. The van der Waals surface area contributed by atoms with Gasteiger partial charge in [-0.05, 0) is 31.4 Å². The molecule has 0 radical (unpaired) electrons. The molecule has 1 aliphatic heterocycles. The average Bonchev–Trinajstić information content (AvgIpc) is 2.94. The maximum absolute atomic E-state index is 12.8. The van der Waals surface area contributed by atoms with Gasteiger partial charge in [0.1, 0.15) is 0 Å². The molecule has 3 aliphatic rings. The van der Waals surface area contributed by atoms with Crippen molar-refractivity contribution in [3.63, 3.8) is 0 Å². The summed E-state index contributed by atoms with van der Waals surface area (Å²) in [6, 6.07) is 0. The third kappa shape index (κ3) is 3.65. The maximum atomic E-state index is 12.8. The van der Waals surface area contributed by atoms with Crippen LogP contribution in [0.5, 0.6) is 0 Å². The third-order valence-corrected chi connectivity index (χ3v) is 6.33. The summed E-state index contributed by atoms with van der Waals surface area (Å²) in [7, 11) is 5.92. The molecule has 160 valence electrons. The number of carbonyl (C=O) groups excluding carboxylic acids is 3. The first-order valence-electron chi connectivity index (χ1n) is 9.72. The molecule has 29 heavy (non-hydrogen) atoms. The number of fused-ring (bicyclic) bond motifs is 1. The van der Waals surface area contributed by atoms with Crippen molar-refractivity contribution in [1.82, 2.24) is 4.90 Å². The minimum Gasteiger partial charge on any atom is -0.469 e. The van der Waals surface area contributed by atoms with Crippen LogP contribution in [0.25, 0.3) is 0 Å². The van der Waals surface area contributed by atoms with Crippen LogP contribution in [0.1, 0.15) is 20.3 Å². The molecular formula is C21H29NO7. The first kappa shape index (κ1) is 21.7. The summed E-state index contributed by atoms with van der Waals surface area (Å²) in [5.74, 6) is -2.65. The van der Waals surface area contributed by atoms with Crippen LogP contribution in [0.3, 0.4) is 0 Å². The number of carbonyl (C=O) groups is 3. The van der Waals surface area contributed by atoms with E-state index in [9.17, 15) is 14.4 Å². The number of hydrogen-bond acceptors (Lipinski definition) is 7. The van der Waals surface area contributed by atoms with Crippen LogP contribution < -0.4 is 0 Å². The zero-order valence-electron chi connectivity index (χ0n) is 17.7. The summed E-state index contributed by atoms with van der Waals surface area (Å²) < 4.78 is 22.2. The molecule has 1 heterocycles. The van der Waals surface area contributed by atoms with Gasteiger partial charge in [0.05, 0.1) is 49.3 Å². The molecule has 0 spiro atoms. The Labute approximate surface area is 170 Å². The van der Waals surface area contributed by atoms with Crippen LogP contribution >= 0.6 is 0 Å². The zero-order valence-corrected chi connectivity index (χ0v) is 17.7. The SMILES string of the molecule is COC(=O)[C@@H]1C[C@@H](O[C@H]2C(C)=C[C@H](OC)[C@@H]3C(=O)N(C)C(=O)[C@@H]32)C(C)=C[C@@H]1OC. The number of ether oxygens (including phenoxy) is 4. The third-order valence-electron chi connectivity index (χ3n) is 6.33. The van der Waals surface area contributed by atoms with Crippen molar-refractivity contribution in [1.29, 1.82) is 0 Å². The Morgan fingerprint density at radius 3 is 2.14 bits per heavy atom. The van der Waals surface area contributed by atoms with Crippen LogP contribution in [0.2, 0.25) is 0 Å². The van der Waals surface area contributed by atoms with Gasteiger partial charge in [0.25, 0.3) is 0 Å². The predicted octanol–water partition coefficient (Wildman–Crippen LogP) is 1.10. The molecule has 0 saturated carbocycles. The van der Waals surface area contributed by atoms with E-state index in [0.717, 1.165) is 16.0 Å². The number of methoxy groups -OCH3 is 3. The van der Waals surface area contributed by atoms with E-state index in [2.05, 4.69) is 0 Å². The highest BCUT2D eigenvalue weighted by Gasteiger charge is 2.56. The molecule has 1 saturated heterocycles. The molecule has 1 fully saturated rings. The zero-order chi connectivity index (χ0) is 21.5. The summed E-state index contributed by atoms with van der Waals surface area (Å²) in [6.45, 7) is 3.79. The first-order valence-corrected chi connectivity index (χ1v) is 9.72. The van der Waals surface area contributed by atoms with E-state index >= 15 is 0 Å². The molecule has 0 N–H and O–H groups in total. The summed E-state index contributed by atoms with van der Waals surface area (Å²) in [5.41, 5.74) is 1.76. The lowest BCUT2D eigenvalue weighted by molar-refractivity contribution is -0.153. The summed E-state index contributed by atoms with van der Waals surface area (Å²) in [6.07, 6.45) is 2.27. The minimum atomic E-state index is -0.646. The molecule has 7 atom stereocenters. The molecule has 0 aromatic carbocycles. The summed E-state index contributed by atoms with van der Waals surface area (Å²) >= 11 is 0. The van der Waals surface area contributed by atoms with Crippen molar-refractivity contribution >= 4 is 17.8 Å². The maximum Gasteiger partial charge on any atom is 0.311 e. The van der Waals surface area contributed by atoms with Crippen molar-refractivity contribution < 1.29 is 33.3 Å². The first-order chi connectivity index (χ1) is 13.7. The van der Waals surface area contributed by atoms with Gasteiger partial charge in [-0.25, -0.2) is 0 Å². The highest BCUT2D eigenvalue weighted by Crippen LogP contribution is 2.42. The molecule has 0 aromatic heterocycles. The van der Waals surface area contributed by atoms with Gasteiger partial charge in [0.2, 0.25) is 11.8 Å². The lowest BCUT2D eigenvalue weighted by Gasteiger charge is -2.39. The highest BCUT2D eigenvalue weighted by molar-refractivity contribution is 6.06. The Morgan fingerprint density at radius 2 is 1.55 bits per heavy atom. The fraction of sp³-hybridized carbons (Fsp3) is 0.667. The van der Waals surface area contributed by atoms with Crippen molar-refractivity contribution in [2.45, 2.75) is 44.7 Å². The van der Waals surface area contributed by atoms with Crippen molar-refractivity contribution in [3.8, 4) is 0 Å². The smallest absolute Gasteiger partial charge is 0.311 e. The Kier molecular flexibility index (Phi) is 6.26. The minimum absolute atomic E-state index is 0.257. The second-order valence-electron chi connectivity index (χ2n) is 7.92. The number of esters is 1. The molecular weight excluding hydrogens is 378 g/mol. The van der Waals surface area contributed by atoms with Crippen LogP contribution in [0.15, 0.2) is 23.3 Å². The van der Waals surface area contributed by atoms with Gasteiger partial charge in [-0.2, -0.15) is 0 Å². The van der Waals surface area contributed by atoms with Gasteiger partial charge in [-0.15, -0.1) is 0 Å². The molecule has 8 heteroatoms. The van der Waals surface area contributed by atoms with Gasteiger partial charge in [0, 0.05) is 21.3 Å². The topological polar surface area (TPSA) is 91.4 Å². The Morgan fingerprint density at radius 1 is 0.966 bits per heavy atom. The predicted molar refractivity (Wildman–Crippen MR) is 103 cm³/mol. The average molecular weight is 407 g/mol. The van der Waals surface area contributed by atoms with Crippen molar-refractivity contribution in [2.75, 3.05) is 28.4 Å². The summed E-state index contributed by atoms with van der Waals surface area (Å²) in [4.78, 5) is 38.9. The molecule has 8 nitrogen and oxygen atoms in total. The largest absolute Gasteiger partial charge is 0.469 e. The highest BCUT2D eigenvalue weighted by atomic mass is 16.5. The van der Waals surface area contributed by atoms with Gasteiger partial charge >= 0.3 is 5.97 Å². The molecule has 2 aliphatic carbocycles. The summed E-state index contributed by atoms with van der Waals surface area (Å²) in [5, 5.41) is 0. The molecule has 0 unspecified atom stereocenters. The van der Waals surface area contributed by atoms with Crippen LogP contribution in [0.4, 0.5) is 0 Å². The number of likely N-dealkylation sites (tertiary alicyclic amines) is 1. The monoisotopic (exact) mass is 407 g/mol. The van der Waals surface area contributed by atoms with E-state index in [0.29, 0.717) is 6.42 Å². The Bertz CT molecular complexity index is 758. The molecule has 0 aromatic rings. The van der Waals surface area contributed by atoms with Gasteiger partial charge in [-0.1, -0.05) is 12.2 Å². The van der Waals surface area contributed by atoms with E-state index in [1.807, 2.05) is 26.0 Å². The number of amides is 2. The molecule has 0 bridgehead atoms. The van der Waals surface area contributed by atoms with Crippen LogP contribution in [-0.4, -0.2) is 75.5 Å². The van der Waals surface area contributed by atoms with E-state index in [4.69, 9.17) is 18.9 Å². The Balaban J connectivity index is 1.91. The lowest BCUT2D eigenvalue weighted by Crippen LogP contribution is -2.46. The number of nitrogens with zero attached hydrogens (tertiary/aromatic N) is 1. The van der Waals surface area contributed by atoms with Crippen molar-refractivity contribution in [2.24, 2.45) is 17.8 Å². The number of hydrogen-bond donors (Lipinski definition) is 0. The van der Waals surface area contributed by atoms with E-state index in [1.54, 1.807) is 7.11 Å². The number of imide groups is 1. The molecule has 2 amide bonds. The van der Waals surface area contributed by atoms with Crippen LogP contribution in [0, 0.1) is 17.8 Å². The van der Waals surface area contributed by atoms with Crippen LogP contribution in [-0.2, 0) is 33.3 Å². The van der Waals surface area contributed by atoms with Crippen molar-refractivity contribution in [3.05, 3.63) is 23.3 Å². The second kappa shape index (κ2) is 8.38. The van der Waals surface area contributed by atoms with E-state index in [-0.39, 0.29) is 17.8 Å². The standard InChI is InChI=1S/C21H29NO7/c1-10-7-14(26-4)12(21(25)28-6)9-13(10)29-18-11(2)8-15(27-5)16-17(18)20(24)22(3)19(16)23/h7-8,12-18H,9H2,1-6H3/t12-,13-,14+,15+,16+,17+,18+/m1/s1.